The molecule has 4 heteroatoms. The molecule has 4 nitrogen and oxygen atoms in total. The Kier molecular flexibility index (Phi) is 4.24. The summed E-state index contributed by atoms with van der Waals surface area (Å²) in [5, 5.41) is 9.28. The lowest BCUT2D eigenvalue weighted by molar-refractivity contribution is -0.137. The lowest BCUT2D eigenvalue weighted by Gasteiger charge is -2.15. The Morgan fingerprint density at radius 2 is 2.47 bits per heavy atom. The molecule has 0 bridgehead atoms. The number of rotatable bonds is 3. The van der Waals surface area contributed by atoms with E-state index < -0.39 is 12.1 Å². The summed E-state index contributed by atoms with van der Waals surface area (Å²) >= 11 is 0. The third-order valence-electron chi connectivity index (χ3n) is 2.09. The summed E-state index contributed by atoms with van der Waals surface area (Å²) in [6.45, 7) is 1.65. The normalized spacial score (nSPS) is 21.6. The molecule has 0 saturated carbocycles. The van der Waals surface area contributed by atoms with Gasteiger partial charge in [0, 0.05) is 18.1 Å². The molecule has 1 atom stereocenters. The first-order valence-electron chi connectivity index (χ1n) is 4.85. The smallest absolute Gasteiger partial charge is 0.330 e. The minimum Gasteiger partial charge on any atom is -0.458 e. The van der Waals surface area contributed by atoms with Crippen LogP contribution in [0.4, 0.5) is 0 Å². The molecule has 0 saturated heterocycles. The molecule has 1 aliphatic carbocycles. The first kappa shape index (κ1) is 11.7. The fourth-order valence-corrected chi connectivity index (χ4v) is 1.31. The third-order valence-corrected chi connectivity index (χ3v) is 2.09. The van der Waals surface area contributed by atoms with Gasteiger partial charge in [-0.1, -0.05) is 6.08 Å². The lowest BCUT2D eigenvalue weighted by atomic mass is 9.97. The number of esters is 1. The second-order valence-corrected chi connectivity index (χ2v) is 3.33. The highest BCUT2D eigenvalue weighted by Gasteiger charge is 2.19. The summed E-state index contributed by atoms with van der Waals surface area (Å²) < 4.78 is 4.81. The zero-order chi connectivity index (χ0) is 11.3. The van der Waals surface area contributed by atoms with Crippen LogP contribution in [0.1, 0.15) is 19.8 Å². The molecule has 1 rings (SSSR count). The molecule has 82 valence electrons. The first-order valence-corrected chi connectivity index (χ1v) is 4.85. The summed E-state index contributed by atoms with van der Waals surface area (Å²) in [6, 6.07) is 0. The first-order chi connectivity index (χ1) is 7.13. The molecule has 0 radical (unpaired) electrons. The fraction of sp³-hybridized carbons (Fsp3) is 0.455. The molecule has 0 spiro atoms. The topological polar surface area (TPSA) is 63.6 Å². The van der Waals surface area contributed by atoms with E-state index in [9.17, 15) is 14.7 Å². The minimum absolute atomic E-state index is 0.0565. The van der Waals surface area contributed by atoms with Gasteiger partial charge in [-0.15, -0.1) is 0 Å². The van der Waals surface area contributed by atoms with Crippen molar-refractivity contribution < 1.29 is 19.4 Å². The highest BCUT2D eigenvalue weighted by atomic mass is 16.5. The molecule has 0 aromatic heterocycles. The highest BCUT2D eigenvalue weighted by molar-refractivity contribution is 5.97. The lowest BCUT2D eigenvalue weighted by Crippen LogP contribution is -2.20. The maximum absolute atomic E-state index is 11.3. The van der Waals surface area contributed by atoms with Crippen LogP contribution in [0.3, 0.4) is 0 Å². The van der Waals surface area contributed by atoms with Crippen LogP contribution < -0.4 is 0 Å². The van der Waals surface area contributed by atoms with Gasteiger partial charge in [-0.05, 0) is 19.4 Å². The Labute approximate surface area is 88.2 Å². The predicted octanol–water partition coefficient (Wildman–Crippen LogP) is 0.756. The van der Waals surface area contributed by atoms with Crippen molar-refractivity contribution in [3.05, 3.63) is 23.8 Å². The van der Waals surface area contributed by atoms with E-state index in [1.165, 1.54) is 12.2 Å². The van der Waals surface area contributed by atoms with Crippen LogP contribution in [-0.2, 0) is 14.3 Å². The van der Waals surface area contributed by atoms with Crippen LogP contribution in [-0.4, -0.2) is 29.6 Å². The van der Waals surface area contributed by atoms with Crippen LogP contribution in [0.15, 0.2) is 23.8 Å². The fourth-order valence-electron chi connectivity index (χ4n) is 1.31. The van der Waals surface area contributed by atoms with Crippen molar-refractivity contribution in [3.8, 4) is 0 Å². The molecule has 0 aliphatic heterocycles. The van der Waals surface area contributed by atoms with Gasteiger partial charge in [0.2, 0.25) is 0 Å². The predicted molar refractivity (Wildman–Crippen MR) is 54.1 cm³/mol. The van der Waals surface area contributed by atoms with Crippen LogP contribution >= 0.6 is 0 Å². The number of ketones is 1. The zero-order valence-electron chi connectivity index (χ0n) is 8.60. The summed E-state index contributed by atoms with van der Waals surface area (Å²) in [6.07, 6.45) is 4.46. The quantitative estimate of drug-likeness (QED) is 0.551. The zero-order valence-corrected chi connectivity index (χ0v) is 8.60. The molecule has 1 aliphatic rings. The molecule has 0 amide bonds. The minimum atomic E-state index is -0.599. The highest BCUT2D eigenvalue weighted by Crippen LogP contribution is 2.14. The Balaban J connectivity index is 2.50. The van der Waals surface area contributed by atoms with Gasteiger partial charge in [-0.25, -0.2) is 4.79 Å². The molecule has 1 unspecified atom stereocenters. The molecular weight excluding hydrogens is 196 g/mol. The number of hydrogen-bond donors (Lipinski definition) is 1. The van der Waals surface area contributed by atoms with Gasteiger partial charge in [-0.2, -0.15) is 0 Å². The monoisotopic (exact) mass is 210 g/mol. The number of ether oxygens (including phenoxy) is 1. The Bertz CT molecular complexity index is 315. The van der Waals surface area contributed by atoms with Gasteiger partial charge in [-0.3, -0.25) is 4.79 Å². The maximum Gasteiger partial charge on any atom is 0.330 e. The maximum atomic E-state index is 11.3. The van der Waals surface area contributed by atoms with E-state index in [-0.39, 0.29) is 12.4 Å². The van der Waals surface area contributed by atoms with Gasteiger partial charge in [0.05, 0.1) is 6.10 Å². The van der Waals surface area contributed by atoms with E-state index in [1.54, 1.807) is 13.0 Å². The molecule has 0 aromatic rings. The van der Waals surface area contributed by atoms with Crippen molar-refractivity contribution in [1.29, 1.82) is 0 Å². The molecule has 15 heavy (non-hydrogen) atoms. The van der Waals surface area contributed by atoms with E-state index in [4.69, 9.17) is 4.74 Å². The second-order valence-electron chi connectivity index (χ2n) is 3.33. The average Bonchev–Trinajstić information content (AvgIpc) is 2.20. The number of aliphatic hydroxyl groups excluding tert-OH is 1. The summed E-state index contributed by atoms with van der Waals surface area (Å²) in [7, 11) is 0. The van der Waals surface area contributed by atoms with Crippen LogP contribution in [0.25, 0.3) is 0 Å². The largest absolute Gasteiger partial charge is 0.458 e. The Morgan fingerprint density at radius 3 is 3.13 bits per heavy atom. The van der Waals surface area contributed by atoms with Crippen molar-refractivity contribution in [2.45, 2.75) is 25.9 Å². The van der Waals surface area contributed by atoms with Crippen molar-refractivity contribution in [2.75, 3.05) is 6.61 Å². The van der Waals surface area contributed by atoms with Gasteiger partial charge in [0.1, 0.15) is 6.61 Å². The van der Waals surface area contributed by atoms with E-state index >= 15 is 0 Å². The van der Waals surface area contributed by atoms with Crippen molar-refractivity contribution >= 4 is 11.8 Å². The number of hydrogen-bond acceptors (Lipinski definition) is 4. The second kappa shape index (κ2) is 5.46. The summed E-state index contributed by atoms with van der Waals surface area (Å²) in [5.41, 5.74) is 0.381. The van der Waals surface area contributed by atoms with Gasteiger partial charge >= 0.3 is 5.97 Å². The van der Waals surface area contributed by atoms with Crippen LogP contribution in [0.5, 0.6) is 0 Å². The van der Waals surface area contributed by atoms with E-state index in [2.05, 4.69) is 0 Å². The molecule has 0 fully saturated rings. The Morgan fingerprint density at radius 1 is 1.73 bits per heavy atom. The molecule has 1 N–H and O–H groups in total. The van der Waals surface area contributed by atoms with Crippen LogP contribution in [0, 0.1) is 0 Å². The number of Topliss-reactive ketones (excluding diaryl/α,β-unsaturated/α-hetero) is 1. The van der Waals surface area contributed by atoms with Gasteiger partial charge in [0.15, 0.2) is 5.78 Å². The number of carbonyl (C=O) groups excluding carboxylic acids is 2. The van der Waals surface area contributed by atoms with E-state index in [0.717, 1.165) is 0 Å². The van der Waals surface area contributed by atoms with Gasteiger partial charge < -0.3 is 9.84 Å². The SMILES string of the molecule is C/C=C/C(=O)OCC1=CC(O)CCC1=O. The van der Waals surface area contributed by atoms with Gasteiger partial charge in [0.25, 0.3) is 0 Å². The molecule has 0 heterocycles. The van der Waals surface area contributed by atoms with E-state index in [0.29, 0.717) is 18.4 Å². The average molecular weight is 210 g/mol. The van der Waals surface area contributed by atoms with Crippen molar-refractivity contribution in [3.63, 3.8) is 0 Å². The van der Waals surface area contributed by atoms with Crippen LogP contribution in [0.2, 0.25) is 0 Å². The molecular formula is C11H14O4. The number of aliphatic hydroxyl groups is 1. The van der Waals surface area contributed by atoms with E-state index in [1.807, 2.05) is 0 Å². The molecule has 0 aromatic carbocycles. The number of carbonyl (C=O) groups is 2. The van der Waals surface area contributed by atoms with Crippen molar-refractivity contribution in [1.82, 2.24) is 0 Å². The number of allylic oxidation sites excluding steroid dienone is 1. The Hall–Kier alpha value is -1.42. The summed E-state index contributed by atoms with van der Waals surface area (Å²) in [4.78, 5) is 22.3. The third kappa shape index (κ3) is 3.67. The standard InChI is InChI=1S/C11H14O4/c1-2-3-11(14)15-7-8-6-9(12)4-5-10(8)13/h2-3,6,9,12H,4-5,7H2,1H3/b3-2+. The summed E-state index contributed by atoms with van der Waals surface area (Å²) in [5.74, 6) is -0.542. The van der Waals surface area contributed by atoms with Crippen molar-refractivity contribution in [2.24, 2.45) is 0 Å².